The van der Waals surface area contributed by atoms with Crippen LogP contribution in [0.15, 0.2) is 48.8 Å². The predicted molar refractivity (Wildman–Crippen MR) is 135 cm³/mol. The van der Waals surface area contributed by atoms with E-state index in [0.717, 1.165) is 37.9 Å². The van der Waals surface area contributed by atoms with E-state index in [1.807, 2.05) is 24.4 Å². The Morgan fingerprint density at radius 3 is 2.84 bits per heavy atom. The number of aromatic nitrogens is 1. The van der Waals surface area contributed by atoms with Gasteiger partial charge >= 0.3 is 0 Å². The molecule has 4 nitrogen and oxygen atoms in total. The SMILES string of the molecule is CCCCCc1c(C=CC(=O)N[C@H](C)CCCc2cccnc2)sc2cc(OC)ccc12. The maximum atomic E-state index is 12.5. The monoisotopic (exact) mass is 450 g/mol. The Labute approximate surface area is 195 Å². The second kappa shape index (κ2) is 12.4. The molecule has 0 bridgehead atoms. The molecule has 0 aliphatic carbocycles. The molecule has 0 aliphatic rings. The summed E-state index contributed by atoms with van der Waals surface area (Å²) in [5.74, 6) is 0.834. The average Bonchev–Trinajstić information content (AvgIpc) is 3.15. The molecule has 2 heterocycles. The van der Waals surface area contributed by atoms with Crippen molar-refractivity contribution in [2.75, 3.05) is 7.11 Å². The summed E-state index contributed by atoms with van der Waals surface area (Å²) in [7, 11) is 1.69. The number of hydrogen-bond acceptors (Lipinski definition) is 4. The van der Waals surface area contributed by atoms with E-state index in [4.69, 9.17) is 4.74 Å². The number of benzene rings is 1. The zero-order valence-corrected chi connectivity index (χ0v) is 20.2. The van der Waals surface area contributed by atoms with Crippen molar-refractivity contribution in [2.24, 2.45) is 0 Å². The van der Waals surface area contributed by atoms with Crippen LogP contribution in [0.25, 0.3) is 16.2 Å². The first-order valence-electron chi connectivity index (χ1n) is 11.6. The second-order valence-electron chi connectivity index (χ2n) is 8.26. The van der Waals surface area contributed by atoms with Crippen LogP contribution in [-0.4, -0.2) is 24.0 Å². The van der Waals surface area contributed by atoms with Crippen LogP contribution in [0, 0.1) is 0 Å². The first kappa shape index (κ1) is 24.0. The van der Waals surface area contributed by atoms with Gasteiger partial charge in [-0.25, -0.2) is 0 Å². The fraction of sp³-hybridized carbons (Fsp3) is 0.407. The Bertz CT molecular complexity index is 1030. The first-order chi connectivity index (χ1) is 15.6. The van der Waals surface area contributed by atoms with Gasteiger partial charge in [0.05, 0.1) is 7.11 Å². The Morgan fingerprint density at radius 2 is 2.09 bits per heavy atom. The van der Waals surface area contributed by atoms with E-state index >= 15 is 0 Å². The maximum Gasteiger partial charge on any atom is 0.244 e. The average molecular weight is 451 g/mol. The number of amides is 1. The molecule has 1 amide bonds. The number of nitrogens with one attached hydrogen (secondary N) is 1. The zero-order chi connectivity index (χ0) is 22.8. The Balaban J connectivity index is 1.61. The van der Waals surface area contributed by atoms with Gasteiger partial charge in [-0.1, -0.05) is 25.8 Å². The van der Waals surface area contributed by atoms with Crippen molar-refractivity contribution in [1.29, 1.82) is 0 Å². The summed E-state index contributed by atoms with van der Waals surface area (Å²) >= 11 is 1.73. The lowest BCUT2D eigenvalue weighted by molar-refractivity contribution is -0.117. The van der Waals surface area contributed by atoms with Crippen LogP contribution < -0.4 is 10.1 Å². The molecule has 0 saturated heterocycles. The van der Waals surface area contributed by atoms with Crippen molar-refractivity contribution < 1.29 is 9.53 Å². The molecule has 0 unspecified atom stereocenters. The molecule has 2 aromatic heterocycles. The van der Waals surface area contributed by atoms with E-state index in [0.29, 0.717) is 0 Å². The highest BCUT2D eigenvalue weighted by Crippen LogP contribution is 2.35. The van der Waals surface area contributed by atoms with Crippen LogP contribution in [0.1, 0.15) is 62.0 Å². The van der Waals surface area contributed by atoms with E-state index in [2.05, 4.69) is 42.3 Å². The van der Waals surface area contributed by atoms with Crippen LogP contribution in [0.3, 0.4) is 0 Å². The Morgan fingerprint density at radius 1 is 1.22 bits per heavy atom. The fourth-order valence-corrected chi connectivity index (χ4v) is 5.08. The largest absolute Gasteiger partial charge is 0.497 e. The van der Waals surface area contributed by atoms with E-state index in [9.17, 15) is 4.79 Å². The second-order valence-corrected chi connectivity index (χ2v) is 9.34. The van der Waals surface area contributed by atoms with Gasteiger partial charge in [-0.15, -0.1) is 11.3 Å². The summed E-state index contributed by atoms with van der Waals surface area (Å²) in [6.45, 7) is 4.29. The predicted octanol–water partition coefficient (Wildman–Crippen LogP) is 6.58. The maximum absolute atomic E-state index is 12.5. The van der Waals surface area contributed by atoms with Gasteiger partial charge in [0.15, 0.2) is 0 Å². The minimum absolute atomic E-state index is 0.0339. The quantitative estimate of drug-likeness (QED) is 0.250. The number of carbonyl (C=O) groups excluding carboxylic acids is 1. The van der Waals surface area contributed by atoms with Gasteiger partial charge in [-0.3, -0.25) is 9.78 Å². The summed E-state index contributed by atoms with van der Waals surface area (Å²) in [4.78, 5) is 17.8. The van der Waals surface area contributed by atoms with Crippen LogP contribution in [0.2, 0.25) is 0 Å². The van der Waals surface area contributed by atoms with Crippen molar-refractivity contribution in [3.8, 4) is 5.75 Å². The molecule has 3 aromatic rings. The number of ether oxygens (including phenoxy) is 1. The molecule has 5 heteroatoms. The fourth-order valence-electron chi connectivity index (χ4n) is 3.89. The van der Waals surface area contributed by atoms with E-state index in [-0.39, 0.29) is 11.9 Å². The lowest BCUT2D eigenvalue weighted by Crippen LogP contribution is -2.31. The lowest BCUT2D eigenvalue weighted by atomic mass is 10.0. The number of unbranched alkanes of at least 4 members (excludes halogenated alkanes) is 2. The standard InChI is InChI=1S/C27H34N2O2S/c1-4-5-6-12-23-24-14-13-22(31-3)18-26(24)32-25(23)15-16-27(30)29-20(2)9-7-10-21-11-8-17-28-19-21/h8,11,13-20H,4-7,9-10,12H2,1-3H3,(H,29,30)/t20-/m1/s1. The summed E-state index contributed by atoms with van der Waals surface area (Å²) in [5, 5.41) is 4.38. The number of aryl methyl sites for hydroxylation is 2. The van der Waals surface area contributed by atoms with Gasteiger partial charge in [0.25, 0.3) is 0 Å². The highest BCUT2D eigenvalue weighted by atomic mass is 32.1. The van der Waals surface area contributed by atoms with Crippen LogP contribution in [0.4, 0.5) is 0 Å². The van der Waals surface area contributed by atoms with Crippen molar-refractivity contribution in [3.63, 3.8) is 0 Å². The Kier molecular flexibility index (Phi) is 9.29. The van der Waals surface area contributed by atoms with Gasteiger partial charge in [0.2, 0.25) is 5.91 Å². The summed E-state index contributed by atoms with van der Waals surface area (Å²) in [6.07, 6.45) is 14.9. The molecule has 1 aromatic carbocycles. The molecule has 1 atom stereocenters. The number of carbonyl (C=O) groups is 1. The normalized spacial score (nSPS) is 12.3. The number of methoxy groups -OCH3 is 1. The number of fused-ring (bicyclic) bond motifs is 1. The molecule has 0 spiro atoms. The van der Waals surface area contributed by atoms with E-state index in [1.54, 1.807) is 30.7 Å². The van der Waals surface area contributed by atoms with Gasteiger partial charge in [0, 0.05) is 34.1 Å². The third-order valence-electron chi connectivity index (χ3n) is 5.66. The third-order valence-corrected chi connectivity index (χ3v) is 6.82. The molecular formula is C27H34N2O2S. The smallest absolute Gasteiger partial charge is 0.244 e. The van der Waals surface area contributed by atoms with Gasteiger partial charge in [0.1, 0.15) is 5.75 Å². The molecule has 32 heavy (non-hydrogen) atoms. The number of pyridine rings is 1. The van der Waals surface area contributed by atoms with Crippen molar-refractivity contribution >= 4 is 33.4 Å². The minimum atomic E-state index is -0.0339. The topological polar surface area (TPSA) is 51.2 Å². The molecule has 0 radical (unpaired) electrons. The summed E-state index contributed by atoms with van der Waals surface area (Å²) in [5.41, 5.74) is 2.58. The van der Waals surface area contributed by atoms with Gasteiger partial charge in [-0.05, 0) is 85.9 Å². The van der Waals surface area contributed by atoms with Gasteiger partial charge in [-0.2, -0.15) is 0 Å². The van der Waals surface area contributed by atoms with E-state index in [1.165, 1.54) is 38.9 Å². The number of hydrogen-bond donors (Lipinski definition) is 1. The summed E-state index contributed by atoms with van der Waals surface area (Å²) < 4.78 is 6.60. The van der Waals surface area contributed by atoms with E-state index < -0.39 is 0 Å². The minimum Gasteiger partial charge on any atom is -0.497 e. The Hall–Kier alpha value is -2.66. The molecule has 0 saturated carbocycles. The number of thiophene rings is 1. The van der Waals surface area contributed by atoms with Crippen molar-refractivity contribution in [1.82, 2.24) is 10.3 Å². The summed E-state index contributed by atoms with van der Waals surface area (Å²) in [6, 6.07) is 10.5. The lowest BCUT2D eigenvalue weighted by Gasteiger charge is -2.12. The van der Waals surface area contributed by atoms with Crippen LogP contribution >= 0.6 is 11.3 Å². The highest BCUT2D eigenvalue weighted by Gasteiger charge is 2.12. The number of nitrogens with zero attached hydrogens (tertiary/aromatic N) is 1. The molecule has 0 fully saturated rings. The molecule has 0 aliphatic heterocycles. The molecule has 1 N–H and O–H groups in total. The van der Waals surface area contributed by atoms with Crippen LogP contribution in [-0.2, 0) is 17.6 Å². The zero-order valence-electron chi connectivity index (χ0n) is 19.4. The molecule has 170 valence electrons. The van der Waals surface area contributed by atoms with Crippen molar-refractivity contribution in [3.05, 3.63) is 64.8 Å². The van der Waals surface area contributed by atoms with Gasteiger partial charge < -0.3 is 10.1 Å². The molecular weight excluding hydrogens is 416 g/mol. The first-order valence-corrected chi connectivity index (χ1v) is 12.4. The molecule has 3 rings (SSSR count). The highest BCUT2D eigenvalue weighted by molar-refractivity contribution is 7.20. The third kappa shape index (κ3) is 6.92. The van der Waals surface area contributed by atoms with Crippen LogP contribution in [0.5, 0.6) is 5.75 Å². The number of rotatable bonds is 12. The van der Waals surface area contributed by atoms with Crippen molar-refractivity contribution in [2.45, 2.75) is 64.8 Å².